The maximum absolute atomic E-state index is 13.7. The average Bonchev–Trinajstić information content (AvgIpc) is 3.64. The van der Waals surface area contributed by atoms with E-state index in [9.17, 15) is 10.1 Å². The molecule has 1 aliphatic rings. The second kappa shape index (κ2) is 11.0. The zero-order chi connectivity index (χ0) is 27.4. The minimum Gasteiger partial charge on any atom is -0.439 e. The average molecular weight is 515 g/mol. The molecule has 0 radical (unpaired) electrons. The van der Waals surface area contributed by atoms with Crippen molar-refractivity contribution in [1.29, 1.82) is 5.26 Å². The fourth-order valence-corrected chi connectivity index (χ4v) is 5.13. The standard InChI is InChI=1S/C33H30N4O2/c1-3-10-28-14-9-16-37(28)32(38)27-18-25(29-15-8-7-13-24(29)21-34)17-26(19-27)31-36-22-30(39-31)33(2,35)20-23-11-5-4-6-12-23/h4-8,11-13,15,17-19,22,28H,9,14,16,20,35H2,1-2H3/t28?,33-/m1/s1. The van der Waals surface area contributed by atoms with Crippen LogP contribution in [-0.2, 0) is 12.0 Å². The van der Waals surface area contributed by atoms with Crippen LogP contribution in [0.2, 0.25) is 0 Å². The van der Waals surface area contributed by atoms with Gasteiger partial charge in [0.25, 0.3) is 5.91 Å². The quantitative estimate of drug-likeness (QED) is 0.322. The van der Waals surface area contributed by atoms with E-state index in [1.807, 2.05) is 72.5 Å². The molecule has 6 nitrogen and oxygen atoms in total. The molecular weight excluding hydrogens is 484 g/mol. The Bertz CT molecular complexity index is 1600. The summed E-state index contributed by atoms with van der Waals surface area (Å²) in [4.78, 5) is 20.1. The number of hydrogen-bond acceptors (Lipinski definition) is 5. The van der Waals surface area contributed by atoms with Crippen LogP contribution in [0.4, 0.5) is 0 Å². The van der Waals surface area contributed by atoms with Crippen LogP contribution in [0, 0.1) is 23.2 Å². The van der Waals surface area contributed by atoms with E-state index < -0.39 is 5.54 Å². The summed E-state index contributed by atoms with van der Waals surface area (Å²) in [7, 11) is 0. The van der Waals surface area contributed by atoms with Crippen molar-refractivity contribution in [2.24, 2.45) is 5.73 Å². The van der Waals surface area contributed by atoms with E-state index in [4.69, 9.17) is 10.2 Å². The van der Waals surface area contributed by atoms with E-state index in [1.165, 1.54) is 0 Å². The highest BCUT2D eigenvalue weighted by molar-refractivity contribution is 5.97. The Labute approximate surface area is 229 Å². The van der Waals surface area contributed by atoms with Gasteiger partial charge in [-0.1, -0.05) is 54.5 Å². The molecule has 2 atom stereocenters. The molecular formula is C33H30N4O2. The number of nitriles is 1. The number of likely N-dealkylation sites (tertiary alicyclic amines) is 1. The Morgan fingerprint density at radius 2 is 1.87 bits per heavy atom. The topological polar surface area (TPSA) is 96.2 Å². The van der Waals surface area contributed by atoms with Crippen molar-refractivity contribution < 1.29 is 9.21 Å². The van der Waals surface area contributed by atoms with Crippen LogP contribution >= 0.6 is 0 Å². The monoisotopic (exact) mass is 514 g/mol. The summed E-state index contributed by atoms with van der Waals surface area (Å²) in [5.41, 5.74) is 10.1. The zero-order valence-corrected chi connectivity index (χ0v) is 22.1. The summed E-state index contributed by atoms with van der Waals surface area (Å²) in [5.74, 6) is 6.93. The van der Waals surface area contributed by atoms with Gasteiger partial charge >= 0.3 is 0 Å². The van der Waals surface area contributed by atoms with Crippen molar-refractivity contribution in [1.82, 2.24) is 9.88 Å². The largest absolute Gasteiger partial charge is 0.439 e. The zero-order valence-electron chi connectivity index (χ0n) is 22.1. The predicted octanol–water partition coefficient (Wildman–Crippen LogP) is 5.92. The van der Waals surface area contributed by atoms with Crippen molar-refractivity contribution in [3.8, 4) is 40.5 Å². The Balaban J connectivity index is 1.56. The predicted molar refractivity (Wildman–Crippen MR) is 151 cm³/mol. The van der Waals surface area contributed by atoms with E-state index in [0.717, 1.165) is 29.5 Å². The molecule has 1 unspecified atom stereocenters. The highest BCUT2D eigenvalue weighted by atomic mass is 16.4. The van der Waals surface area contributed by atoms with E-state index in [0.29, 0.717) is 41.3 Å². The number of nitrogens with two attached hydrogens (primary N) is 1. The van der Waals surface area contributed by atoms with Crippen LogP contribution in [0.15, 0.2) is 83.4 Å². The molecule has 1 aliphatic heterocycles. The fourth-order valence-electron chi connectivity index (χ4n) is 5.13. The molecule has 1 aromatic heterocycles. The van der Waals surface area contributed by atoms with E-state index in [1.54, 1.807) is 25.3 Å². The van der Waals surface area contributed by atoms with Gasteiger partial charge in [0, 0.05) is 17.7 Å². The number of carbonyl (C=O) groups excluding carboxylic acids is 1. The fraction of sp³-hybridized carbons (Fsp3) is 0.242. The molecule has 0 spiro atoms. The third kappa shape index (κ3) is 5.48. The van der Waals surface area contributed by atoms with Gasteiger partial charge in [-0.05, 0) is 74.1 Å². The first-order valence-corrected chi connectivity index (χ1v) is 13.1. The normalized spacial score (nSPS) is 16.2. The number of nitrogens with zero attached hydrogens (tertiary/aromatic N) is 3. The van der Waals surface area contributed by atoms with Gasteiger partial charge in [-0.25, -0.2) is 4.98 Å². The Hall–Kier alpha value is -4.65. The molecule has 0 aliphatic carbocycles. The van der Waals surface area contributed by atoms with Crippen LogP contribution in [0.3, 0.4) is 0 Å². The minimum absolute atomic E-state index is 0.0997. The third-order valence-corrected chi connectivity index (χ3v) is 7.09. The number of carbonyl (C=O) groups is 1. The lowest BCUT2D eigenvalue weighted by Gasteiger charge is -2.22. The highest BCUT2D eigenvalue weighted by Gasteiger charge is 2.30. The van der Waals surface area contributed by atoms with E-state index >= 15 is 0 Å². The van der Waals surface area contributed by atoms with Crippen molar-refractivity contribution in [3.05, 3.63) is 101 Å². The molecule has 1 saturated heterocycles. The molecule has 4 aromatic rings. The Morgan fingerprint density at radius 1 is 1.13 bits per heavy atom. The second-order valence-electron chi connectivity index (χ2n) is 10.1. The summed E-state index contributed by atoms with van der Waals surface area (Å²) >= 11 is 0. The maximum Gasteiger partial charge on any atom is 0.254 e. The number of hydrogen-bond donors (Lipinski definition) is 1. The van der Waals surface area contributed by atoms with Crippen LogP contribution in [0.5, 0.6) is 0 Å². The van der Waals surface area contributed by atoms with Crippen LogP contribution in [0.25, 0.3) is 22.6 Å². The molecule has 0 bridgehead atoms. The van der Waals surface area contributed by atoms with Crippen molar-refractivity contribution >= 4 is 5.91 Å². The lowest BCUT2D eigenvalue weighted by Crippen LogP contribution is -2.35. The first-order valence-electron chi connectivity index (χ1n) is 13.1. The molecule has 6 heteroatoms. The number of amides is 1. The van der Waals surface area contributed by atoms with Gasteiger partial charge in [0.1, 0.15) is 5.76 Å². The molecule has 2 N–H and O–H groups in total. The van der Waals surface area contributed by atoms with Gasteiger partial charge in [0.2, 0.25) is 5.89 Å². The van der Waals surface area contributed by atoms with Gasteiger partial charge in [0.15, 0.2) is 0 Å². The minimum atomic E-state index is -0.780. The summed E-state index contributed by atoms with van der Waals surface area (Å²) in [6.07, 6.45) is 4.00. The molecule has 1 amide bonds. The maximum atomic E-state index is 13.7. The Kier molecular flexibility index (Phi) is 7.32. The lowest BCUT2D eigenvalue weighted by atomic mass is 9.92. The van der Waals surface area contributed by atoms with Crippen molar-refractivity contribution in [3.63, 3.8) is 0 Å². The van der Waals surface area contributed by atoms with Gasteiger partial charge in [-0.2, -0.15) is 5.26 Å². The smallest absolute Gasteiger partial charge is 0.254 e. The molecule has 2 heterocycles. The molecule has 194 valence electrons. The Morgan fingerprint density at radius 3 is 2.64 bits per heavy atom. The lowest BCUT2D eigenvalue weighted by molar-refractivity contribution is 0.0766. The SMILES string of the molecule is CC#CC1CCCN1C(=O)c1cc(-c2ncc([C@](C)(N)Cc3ccccc3)o2)cc(-c2ccccc2C#N)c1. The van der Waals surface area contributed by atoms with Crippen LogP contribution in [0.1, 0.15) is 53.9 Å². The van der Waals surface area contributed by atoms with Gasteiger partial charge < -0.3 is 15.1 Å². The second-order valence-corrected chi connectivity index (χ2v) is 10.1. The van der Waals surface area contributed by atoms with E-state index in [2.05, 4.69) is 22.9 Å². The molecule has 3 aromatic carbocycles. The van der Waals surface area contributed by atoms with E-state index in [-0.39, 0.29) is 11.9 Å². The molecule has 0 saturated carbocycles. The van der Waals surface area contributed by atoms with Gasteiger partial charge in [0.05, 0.1) is 29.4 Å². The third-order valence-electron chi connectivity index (χ3n) is 7.09. The number of benzene rings is 3. The van der Waals surface area contributed by atoms with Crippen LogP contribution in [-0.4, -0.2) is 28.4 Å². The number of aromatic nitrogens is 1. The van der Waals surface area contributed by atoms with Gasteiger partial charge in [-0.3, -0.25) is 4.79 Å². The summed E-state index contributed by atoms with van der Waals surface area (Å²) in [6.45, 7) is 4.36. The number of rotatable bonds is 6. The first kappa shape index (κ1) is 26.0. The molecule has 5 rings (SSSR count). The molecule has 39 heavy (non-hydrogen) atoms. The molecule has 1 fully saturated rings. The number of oxazole rings is 1. The van der Waals surface area contributed by atoms with Crippen molar-refractivity contribution in [2.45, 2.75) is 44.7 Å². The van der Waals surface area contributed by atoms with Gasteiger partial charge in [-0.15, -0.1) is 5.92 Å². The summed E-state index contributed by atoms with van der Waals surface area (Å²) in [6, 6.07) is 25.0. The summed E-state index contributed by atoms with van der Waals surface area (Å²) in [5, 5.41) is 9.74. The van der Waals surface area contributed by atoms with Crippen molar-refractivity contribution in [2.75, 3.05) is 6.54 Å². The summed E-state index contributed by atoms with van der Waals surface area (Å²) < 4.78 is 6.23. The van der Waals surface area contributed by atoms with Crippen LogP contribution < -0.4 is 5.73 Å². The highest BCUT2D eigenvalue weighted by Crippen LogP contribution is 2.33. The first-order chi connectivity index (χ1) is 18.9.